The number of carbonyl (C=O) groups excluding carboxylic acids is 1. The van der Waals surface area contributed by atoms with E-state index >= 15 is 0 Å². The largest absolute Gasteiger partial charge is 0.465 e. The van der Waals surface area contributed by atoms with Gasteiger partial charge in [-0.1, -0.05) is 25.5 Å². The lowest BCUT2D eigenvalue weighted by atomic mass is 9.91. The first-order valence-electron chi connectivity index (χ1n) is 7.75. The minimum Gasteiger partial charge on any atom is -0.465 e. The van der Waals surface area contributed by atoms with E-state index in [4.69, 9.17) is 9.47 Å². The summed E-state index contributed by atoms with van der Waals surface area (Å²) in [5.74, 6) is -0.0846. The number of hydrogen-bond acceptors (Lipinski definition) is 3. The molecule has 0 heterocycles. The van der Waals surface area contributed by atoms with Crippen LogP contribution >= 0.6 is 0 Å². The molecule has 0 aromatic rings. The summed E-state index contributed by atoms with van der Waals surface area (Å²) in [5.41, 5.74) is 0.711. The van der Waals surface area contributed by atoms with E-state index in [9.17, 15) is 4.79 Å². The fraction of sp³-hybridized carbons (Fsp3) is 0.824. The standard InChI is InChI=1S/C17H32O3/c1-7-17(5,6)16(18)20-13-11-9-8-10-12-19-15(4)14(2)3/h15H,2,7-13H2,1,3-6H3. The Labute approximate surface area is 124 Å². The number of rotatable bonds is 11. The van der Waals surface area contributed by atoms with Gasteiger partial charge in [0.2, 0.25) is 0 Å². The average Bonchev–Trinajstić information content (AvgIpc) is 2.40. The van der Waals surface area contributed by atoms with Crippen LogP contribution in [0.25, 0.3) is 0 Å². The van der Waals surface area contributed by atoms with Crippen molar-refractivity contribution < 1.29 is 14.3 Å². The minimum absolute atomic E-state index is 0.0846. The highest BCUT2D eigenvalue weighted by atomic mass is 16.5. The van der Waals surface area contributed by atoms with E-state index in [-0.39, 0.29) is 17.5 Å². The smallest absolute Gasteiger partial charge is 0.311 e. The molecule has 0 spiro atoms. The number of carbonyl (C=O) groups is 1. The van der Waals surface area contributed by atoms with E-state index < -0.39 is 0 Å². The molecular weight excluding hydrogens is 252 g/mol. The fourth-order valence-electron chi connectivity index (χ4n) is 1.46. The molecule has 0 aliphatic rings. The second-order valence-electron chi connectivity index (χ2n) is 6.15. The Hall–Kier alpha value is -0.830. The molecule has 0 amide bonds. The predicted octanol–water partition coefficient (Wildman–Crippen LogP) is 4.51. The van der Waals surface area contributed by atoms with Gasteiger partial charge in [-0.3, -0.25) is 4.79 Å². The second-order valence-corrected chi connectivity index (χ2v) is 6.15. The third kappa shape index (κ3) is 8.36. The summed E-state index contributed by atoms with van der Waals surface area (Å²) < 4.78 is 10.9. The van der Waals surface area contributed by atoms with Gasteiger partial charge in [-0.15, -0.1) is 0 Å². The van der Waals surface area contributed by atoms with E-state index in [1.54, 1.807) is 0 Å². The first-order chi connectivity index (χ1) is 9.31. The minimum atomic E-state index is -0.355. The molecule has 0 aliphatic carbocycles. The molecular formula is C17H32O3. The molecule has 0 aromatic carbocycles. The van der Waals surface area contributed by atoms with Crippen LogP contribution in [0.3, 0.4) is 0 Å². The molecule has 0 aromatic heterocycles. The molecule has 0 radical (unpaired) electrons. The summed E-state index contributed by atoms with van der Waals surface area (Å²) in [6.07, 6.45) is 5.12. The van der Waals surface area contributed by atoms with Crippen molar-refractivity contribution in [3.8, 4) is 0 Å². The van der Waals surface area contributed by atoms with E-state index in [0.29, 0.717) is 6.61 Å². The number of hydrogen-bond donors (Lipinski definition) is 0. The number of esters is 1. The summed E-state index contributed by atoms with van der Waals surface area (Å²) >= 11 is 0. The van der Waals surface area contributed by atoms with E-state index in [2.05, 4.69) is 6.58 Å². The quantitative estimate of drug-likeness (QED) is 0.318. The summed E-state index contributed by atoms with van der Waals surface area (Å²) in [4.78, 5) is 11.7. The molecule has 0 fully saturated rings. The Kier molecular flexibility index (Phi) is 9.56. The predicted molar refractivity (Wildman–Crippen MR) is 83.7 cm³/mol. The molecule has 1 unspecified atom stereocenters. The lowest BCUT2D eigenvalue weighted by Crippen LogP contribution is -2.26. The normalized spacial score (nSPS) is 13.1. The van der Waals surface area contributed by atoms with Crippen molar-refractivity contribution in [1.82, 2.24) is 0 Å². The van der Waals surface area contributed by atoms with Gasteiger partial charge in [-0.2, -0.15) is 0 Å². The average molecular weight is 284 g/mol. The molecule has 0 N–H and O–H groups in total. The van der Waals surface area contributed by atoms with E-state index in [1.807, 2.05) is 34.6 Å². The number of ether oxygens (including phenoxy) is 2. The van der Waals surface area contributed by atoms with Crippen LogP contribution in [-0.2, 0) is 14.3 Å². The summed E-state index contributed by atoms with van der Waals surface area (Å²) in [5, 5.41) is 0. The molecule has 0 rings (SSSR count). The molecule has 1 atom stereocenters. The van der Waals surface area contributed by atoms with Crippen LogP contribution in [-0.4, -0.2) is 25.3 Å². The highest BCUT2D eigenvalue weighted by molar-refractivity contribution is 5.75. The molecule has 0 saturated heterocycles. The molecule has 0 aliphatic heterocycles. The van der Waals surface area contributed by atoms with Gasteiger partial charge in [0, 0.05) is 6.61 Å². The molecule has 3 nitrogen and oxygen atoms in total. The maximum absolute atomic E-state index is 11.7. The van der Waals surface area contributed by atoms with Gasteiger partial charge in [0.05, 0.1) is 18.1 Å². The van der Waals surface area contributed by atoms with Crippen molar-refractivity contribution in [3.05, 3.63) is 12.2 Å². The first-order valence-corrected chi connectivity index (χ1v) is 7.75. The Morgan fingerprint density at radius 2 is 1.70 bits per heavy atom. The van der Waals surface area contributed by atoms with Crippen LogP contribution in [0, 0.1) is 5.41 Å². The Bertz CT molecular complexity index is 295. The van der Waals surface area contributed by atoms with Crippen LogP contribution in [0.2, 0.25) is 0 Å². The van der Waals surface area contributed by atoms with Crippen molar-refractivity contribution >= 4 is 5.97 Å². The third-order valence-corrected chi connectivity index (χ3v) is 3.77. The third-order valence-electron chi connectivity index (χ3n) is 3.77. The zero-order valence-corrected chi connectivity index (χ0v) is 14.0. The van der Waals surface area contributed by atoms with Gasteiger partial charge < -0.3 is 9.47 Å². The van der Waals surface area contributed by atoms with Crippen LogP contribution in [0.15, 0.2) is 12.2 Å². The van der Waals surface area contributed by atoms with Crippen LogP contribution in [0.5, 0.6) is 0 Å². The summed E-state index contributed by atoms with van der Waals surface area (Å²) in [6, 6.07) is 0. The Balaban J connectivity index is 3.46. The fourth-order valence-corrected chi connectivity index (χ4v) is 1.46. The SMILES string of the molecule is C=C(C)C(C)OCCCCCCOC(=O)C(C)(C)CC. The topological polar surface area (TPSA) is 35.5 Å². The molecule has 3 heteroatoms. The Morgan fingerprint density at radius 3 is 2.20 bits per heavy atom. The summed E-state index contributed by atoms with van der Waals surface area (Å²) in [7, 11) is 0. The van der Waals surface area contributed by atoms with Gasteiger partial charge in [-0.05, 0) is 53.4 Å². The molecule has 20 heavy (non-hydrogen) atoms. The zero-order valence-electron chi connectivity index (χ0n) is 14.0. The van der Waals surface area contributed by atoms with Crippen LogP contribution in [0.4, 0.5) is 0 Å². The summed E-state index contributed by atoms with van der Waals surface area (Å²) in [6.45, 7) is 15.0. The van der Waals surface area contributed by atoms with Crippen molar-refractivity contribution in [2.75, 3.05) is 13.2 Å². The molecule has 0 bridgehead atoms. The monoisotopic (exact) mass is 284 g/mol. The van der Waals surface area contributed by atoms with Crippen LogP contribution in [0.1, 0.15) is 66.7 Å². The first kappa shape index (κ1) is 19.2. The maximum Gasteiger partial charge on any atom is 0.311 e. The van der Waals surface area contributed by atoms with Crippen molar-refractivity contribution in [2.24, 2.45) is 5.41 Å². The van der Waals surface area contributed by atoms with Crippen molar-refractivity contribution in [2.45, 2.75) is 72.8 Å². The molecule has 118 valence electrons. The number of unbranched alkanes of at least 4 members (excludes halogenated alkanes) is 3. The van der Waals surface area contributed by atoms with Crippen molar-refractivity contribution in [3.63, 3.8) is 0 Å². The van der Waals surface area contributed by atoms with Gasteiger partial charge >= 0.3 is 5.97 Å². The van der Waals surface area contributed by atoms with Crippen molar-refractivity contribution in [1.29, 1.82) is 0 Å². The highest BCUT2D eigenvalue weighted by Crippen LogP contribution is 2.21. The maximum atomic E-state index is 11.7. The van der Waals surface area contributed by atoms with Gasteiger partial charge in [0.25, 0.3) is 0 Å². The zero-order chi connectivity index (χ0) is 15.6. The van der Waals surface area contributed by atoms with Gasteiger partial charge in [0.1, 0.15) is 0 Å². The van der Waals surface area contributed by atoms with E-state index in [1.165, 1.54) is 0 Å². The lowest BCUT2D eigenvalue weighted by molar-refractivity contribution is -0.154. The highest BCUT2D eigenvalue weighted by Gasteiger charge is 2.26. The van der Waals surface area contributed by atoms with E-state index in [0.717, 1.165) is 44.3 Å². The second kappa shape index (κ2) is 9.98. The Morgan fingerprint density at radius 1 is 1.15 bits per heavy atom. The lowest BCUT2D eigenvalue weighted by Gasteiger charge is -2.20. The van der Waals surface area contributed by atoms with Gasteiger partial charge in [0.15, 0.2) is 0 Å². The van der Waals surface area contributed by atoms with Gasteiger partial charge in [-0.25, -0.2) is 0 Å². The van der Waals surface area contributed by atoms with Crippen LogP contribution < -0.4 is 0 Å². The molecule has 0 saturated carbocycles.